The lowest BCUT2D eigenvalue weighted by Gasteiger charge is -2.17. The Morgan fingerprint density at radius 1 is 1.17 bits per heavy atom. The van der Waals surface area contributed by atoms with Gasteiger partial charge in [0.25, 0.3) is 5.91 Å². The highest BCUT2D eigenvalue weighted by molar-refractivity contribution is 6.31. The fourth-order valence-electron chi connectivity index (χ4n) is 2.58. The molecule has 1 aliphatic heterocycles. The van der Waals surface area contributed by atoms with Crippen molar-refractivity contribution in [1.82, 2.24) is 0 Å². The Hall–Kier alpha value is -2.53. The van der Waals surface area contributed by atoms with Crippen molar-refractivity contribution in [2.45, 2.75) is 12.5 Å². The molecule has 1 aliphatic rings. The summed E-state index contributed by atoms with van der Waals surface area (Å²) in [7, 11) is 1.56. The van der Waals surface area contributed by atoms with Crippen LogP contribution in [0.15, 0.2) is 48.5 Å². The van der Waals surface area contributed by atoms with Gasteiger partial charge in [-0.25, -0.2) is 4.90 Å². The molecule has 0 radical (unpaired) electrons. The van der Waals surface area contributed by atoms with Crippen LogP contribution >= 0.6 is 11.6 Å². The van der Waals surface area contributed by atoms with E-state index in [4.69, 9.17) is 16.3 Å². The van der Waals surface area contributed by atoms with Gasteiger partial charge in [-0.2, -0.15) is 0 Å². The normalized spacial score (nSPS) is 17.5. The van der Waals surface area contributed by atoms with Gasteiger partial charge in [0.1, 0.15) is 11.8 Å². The maximum atomic E-state index is 12.6. The summed E-state index contributed by atoms with van der Waals surface area (Å²) in [6, 6.07) is 13.3. The number of hydrogen-bond acceptors (Lipinski definition) is 4. The zero-order valence-corrected chi connectivity index (χ0v) is 13.2. The van der Waals surface area contributed by atoms with Gasteiger partial charge in [0.2, 0.25) is 5.91 Å². The summed E-state index contributed by atoms with van der Waals surface area (Å²) in [5, 5.41) is 3.56. The molecule has 1 heterocycles. The predicted octanol–water partition coefficient (Wildman–Crippen LogP) is 3.09. The SMILES string of the molecule is COc1ccccc1N[C@H]1CC(=O)N(c2cccc(Cl)c2)C1=O. The van der Waals surface area contributed by atoms with E-state index in [2.05, 4.69) is 5.32 Å². The van der Waals surface area contributed by atoms with Gasteiger partial charge in [-0.15, -0.1) is 0 Å². The van der Waals surface area contributed by atoms with Crippen LogP contribution < -0.4 is 15.0 Å². The molecule has 0 spiro atoms. The predicted molar refractivity (Wildman–Crippen MR) is 89.0 cm³/mol. The number of anilines is 2. The minimum Gasteiger partial charge on any atom is -0.495 e. The Kier molecular flexibility index (Phi) is 4.21. The molecule has 2 aromatic carbocycles. The number of amides is 2. The summed E-state index contributed by atoms with van der Waals surface area (Å²) in [5.74, 6) is 0.0572. The second kappa shape index (κ2) is 6.30. The second-order valence-corrected chi connectivity index (χ2v) is 5.59. The molecule has 0 unspecified atom stereocenters. The lowest BCUT2D eigenvalue weighted by Crippen LogP contribution is -2.34. The molecule has 1 N–H and O–H groups in total. The molecule has 3 rings (SSSR count). The van der Waals surface area contributed by atoms with Crippen molar-refractivity contribution in [3.05, 3.63) is 53.6 Å². The van der Waals surface area contributed by atoms with Crippen molar-refractivity contribution < 1.29 is 14.3 Å². The van der Waals surface area contributed by atoms with Crippen LogP contribution in [0.3, 0.4) is 0 Å². The van der Waals surface area contributed by atoms with Crippen LogP contribution in [0.25, 0.3) is 0 Å². The van der Waals surface area contributed by atoms with Gasteiger partial charge in [0.15, 0.2) is 0 Å². The number of ether oxygens (including phenoxy) is 1. The fraction of sp³-hybridized carbons (Fsp3) is 0.176. The molecule has 6 heteroatoms. The van der Waals surface area contributed by atoms with E-state index < -0.39 is 6.04 Å². The third kappa shape index (κ3) is 3.00. The van der Waals surface area contributed by atoms with Gasteiger partial charge in [0.05, 0.1) is 24.9 Å². The number of methoxy groups -OCH3 is 1. The monoisotopic (exact) mass is 330 g/mol. The smallest absolute Gasteiger partial charge is 0.256 e. The average Bonchev–Trinajstić information content (AvgIpc) is 2.82. The summed E-state index contributed by atoms with van der Waals surface area (Å²) in [5.41, 5.74) is 1.16. The largest absolute Gasteiger partial charge is 0.495 e. The molecule has 0 saturated carbocycles. The van der Waals surface area contributed by atoms with Crippen molar-refractivity contribution >= 4 is 34.8 Å². The highest BCUT2D eigenvalue weighted by atomic mass is 35.5. The lowest BCUT2D eigenvalue weighted by molar-refractivity contribution is -0.121. The topological polar surface area (TPSA) is 58.6 Å². The summed E-state index contributed by atoms with van der Waals surface area (Å²) in [4.78, 5) is 26.0. The number of carbonyl (C=O) groups is 2. The number of hydrogen-bond donors (Lipinski definition) is 1. The number of nitrogens with one attached hydrogen (secondary N) is 1. The molecule has 1 fully saturated rings. The number of rotatable bonds is 4. The summed E-state index contributed by atoms with van der Waals surface area (Å²) < 4.78 is 5.26. The van der Waals surface area contributed by atoms with E-state index in [0.717, 1.165) is 0 Å². The van der Waals surface area contributed by atoms with Gasteiger partial charge in [-0.05, 0) is 30.3 Å². The van der Waals surface area contributed by atoms with E-state index in [1.165, 1.54) is 4.90 Å². The molecule has 0 aliphatic carbocycles. The Labute approximate surface area is 138 Å². The van der Waals surface area contributed by atoms with Crippen LogP contribution in [-0.4, -0.2) is 25.0 Å². The molecule has 0 aromatic heterocycles. The van der Waals surface area contributed by atoms with Crippen molar-refractivity contribution in [2.24, 2.45) is 0 Å². The van der Waals surface area contributed by atoms with Crippen molar-refractivity contribution in [1.29, 1.82) is 0 Å². The first-order valence-corrected chi connectivity index (χ1v) is 7.50. The molecule has 1 atom stereocenters. The van der Waals surface area contributed by atoms with Crippen molar-refractivity contribution in [3.8, 4) is 5.75 Å². The Bertz CT molecular complexity index is 763. The number of nitrogens with zero attached hydrogens (tertiary/aromatic N) is 1. The zero-order valence-electron chi connectivity index (χ0n) is 12.5. The highest BCUT2D eigenvalue weighted by Crippen LogP contribution is 2.29. The maximum absolute atomic E-state index is 12.6. The van der Waals surface area contributed by atoms with Gasteiger partial charge < -0.3 is 10.1 Å². The van der Waals surface area contributed by atoms with Gasteiger partial charge in [-0.1, -0.05) is 29.8 Å². The Morgan fingerprint density at radius 3 is 2.70 bits per heavy atom. The van der Waals surface area contributed by atoms with Crippen molar-refractivity contribution in [2.75, 3.05) is 17.3 Å². The first-order valence-electron chi connectivity index (χ1n) is 7.12. The Balaban J connectivity index is 1.84. The van der Waals surface area contributed by atoms with E-state index in [-0.39, 0.29) is 18.2 Å². The van der Waals surface area contributed by atoms with E-state index >= 15 is 0 Å². The van der Waals surface area contributed by atoms with Crippen LogP contribution in [-0.2, 0) is 9.59 Å². The fourth-order valence-corrected chi connectivity index (χ4v) is 2.77. The molecular weight excluding hydrogens is 316 g/mol. The third-order valence-corrected chi connectivity index (χ3v) is 3.88. The molecule has 118 valence electrons. The van der Waals surface area contributed by atoms with Crippen LogP contribution in [0.5, 0.6) is 5.75 Å². The number of halogens is 1. The molecule has 2 aromatic rings. The third-order valence-electron chi connectivity index (χ3n) is 3.65. The van der Waals surface area contributed by atoms with Crippen molar-refractivity contribution in [3.63, 3.8) is 0 Å². The standard InChI is InChI=1S/C17H15ClN2O3/c1-23-15-8-3-2-7-13(15)19-14-10-16(21)20(17(14)22)12-6-4-5-11(18)9-12/h2-9,14,19H,10H2,1H3/t14-/m0/s1. The summed E-state index contributed by atoms with van der Waals surface area (Å²) >= 11 is 5.94. The molecule has 2 amide bonds. The van der Waals surface area contributed by atoms with E-state index in [9.17, 15) is 9.59 Å². The van der Waals surface area contributed by atoms with E-state index in [1.807, 2.05) is 12.1 Å². The van der Waals surface area contributed by atoms with Crippen LogP contribution in [0, 0.1) is 0 Å². The molecule has 1 saturated heterocycles. The number of imide groups is 1. The lowest BCUT2D eigenvalue weighted by atomic mass is 10.2. The van der Waals surface area contributed by atoms with E-state index in [0.29, 0.717) is 22.1 Å². The van der Waals surface area contributed by atoms with E-state index in [1.54, 1.807) is 43.5 Å². The van der Waals surface area contributed by atoms with Gasteiger partial charge in [-0.3, -0.25) is 9.59 Å². The first kappa shape index (κ1) is 15.4. The van der Waals surface area contributed by atoms with Gasteiger partial charge in [0, 0.05) is 5.02 Å². The first-order chi connectivity index (χ1) is 11.1. The molecule has 23 heavy (non-hydrogen) atoms. The Morgan fingerprint density at radius 2 is 1.96 bits per heavy atom. The maximum Gasteiger partial charge on any atom is 0.256 e. The summed E-state index contributed by atoms with van der Waals surface area (Å²) in [6.07, 6.45) is 0.0867. The number of carbonyl (C=O) groups excluding carboxylic acids is 2. The number of benzene rings is 2. The van der Waals surface area contributed by atoms with Crippen LogP contribution in [0.2, 0.25) is 5.02 Å². The highest BCUT2D eigenvalue weighted by Gasteiger charge is 2.39. The molecule has 0 bridgehead atoms. The zero-order chi connectivity index (χ0) is 16.4. The average molecular weight is 331 g/mol. The number of para-hydroxylation sites is 2. The summed E-state index contributed by atoms with van der Waals surface area (Å²) in [6.45, 7) is 0. The van der Waals surface area contributed by atoms with Crippen LogP contribution in [0.1, 0.15) is 6.42 Å². The second-order valence-electron chi connectivity index (χ2n) is 5.15. The minimum absolute atomic E-state index is 0.0867. The quantitative estimate of drug-likeness (QED) is 0.875. The molecular formula is C17H15ClN2O3. The minimum atomic E-state index is -0.627. The molecule has 5 nitrogen and oxygen atoms in total. The van der Waals surface area contributed by atoms with Crippen LogP contribution in [0.4, 0.5) is 11.4 Å². The van der Waals surface area contributed by atoms with Gasteiger partial charge >= 0.3 is 0 Å².